The van der Waals surface area contributed by atoms with Crippen molar-refractivity contribution in [2.24, 2.45) is 0 Å². The van der Waals surface area contributed by atoms with Crippen molar-refractivity contribution >= 4 is 39.5 Å². The molecule has 5 heteroatoms. The van der Waals surface area contributed by atoms with E-state index in [0.29, 0.717) is 16.5 Å². The Morgan fingerprint density at radius 1 is 1.40 bits per heavy atom. The molecule has 0 spiro atoms. The number of nitrogens with one attached hydrogen (secondary N) is 1. The normalized spacial score (nSPS) is 24.6. The van der Waals surface area contributed by atoms with Crippen LogP contribution in [0.5, 0.6) is 0 Å². The van der Waals surface area contributed by atoms with Gasteiger partial charge in [-0.25, -0.2) is 4.39 Å². The van der Waals surface area contributed by atoms with Crippen molar-refractivity contribution in [2.75, 3.05) is 18.1 Å². The summed E-state index contributed by atoms with van der Waals surface area (Å²) in [7, 11) is 0. The first kappa shape index (κ1) is 16.7. The molecule has 1 aliphatic heterocycles. The topological polar surface area (TPSA) is 12.0 Å². The molecule has 0 saturated carbocycles. The molecule has 112 valence electrons. The summed E-state index contributed by atoms with van der Waals surface area (Å²) < 4.78 is 14.5. The van der Waals surface area contributed by atoms with Gasteiger partial charge in [-0.1, -0.05) is 29.8 Å². The third-order valence-corrected chi connectivity index (χ3v) is 7.57. The Morgan fingerprint density at radius 3 is 2.85 bits per heavy atom. The monoisotopic (exact) mass is 377 g/mol. The molecule has 1 fully saturated rings. The third-order valence-electron chi connectivity index (χ3n) is 3.55. The second-order valence-electron chi connectivity index (χ2n) is 5.02. The predicted octanol–water partition coefficient (Wildman–Crippen LogP) is 4.35. The lowest BCUT2D eigenvalue weighted by Gasteiger charge is -2.35. The number of likely N-dealkylation sites (N-methyl/N-ethyl adjacent to an activating group) is 1. The van der Waals surface area contributed by atoms with Crippen LogP contribution in [0.15, 0.2) is 22.7 Å². The summed E-state index contributed by atoms with van der Waals surface area (Å²) in [6.07, 6.45) is 0.870. The Hall–Kier alpha value is 0.290. The zero-order valence-corrected chi connectivity index (χ0v) is 15.1. The fourth-order valence-corrected chi connectivity index (χ4v) is 5.96. The summed E-state index contributed by atoms with van der Waals surface area (Å²) in [5.74, 6) is 2.30. The zero-order valence-electron chi connectivity index (χ0n) is 11.9. The van der Waals surface area contributed by atoms with Crippen LogP contribution < -0.4 is 5.32 Å². The molecule has 1 aromatic carbocycles. The maximum atomic E-state index is 13.5. The van der Waals surface area contributed by atoms with Gasteiger partial charge in [0, 0.05) is 32.5 Å². The standard InChI is InChI=1S/C15H21BrFNS2/c1-3-18-14(15-10(2)19-6-7-20-15)9-11-8-12(17)4-5-13(11)16/h4-5,8,10,14-15,18H,3,6-7,9H2,1-2H3. The molecule has 3 unspecified atom stereocenters. The molecule has 20 heavy (non-hydrogen) atoms. The first-order chi connectivity index (χ1) is 9.61. The van der Waals surface area contributed by atoms with E-state index in [1.54, 1.807) is 12.1 Å². The van der Waals surface area contributed by atoms with Crippen LogP contribution in [0.3, 0.4) is 0 Å². The molecule has 0 aromatic heterocycles. The quantitative estimate of drug-likeness (QED) is 0.818. The minimum atomic E-state index is -0.155. The van der Waals surface area contributed by atoms with E-state index in [-0.39, 0.29) is 5.82 Å². The summed E-state index contributed by atoms with van der Waals surface area (Å²) in [5.41, 5.74) is 1.05. The van der Waals surface area contributed by atoms with Crippen molar-refractivity contribution in [3.63, 3.8) is 0 Å². The highest BCUT2D eigenvalue weighted by Crippen LogP contribution is 2.34. The van der Waals surface area contributed by atoms with E-state index in [9.17, 15) is 4.39 Å². The van der Waals surface area contributed by atoms with Gasteiger partial charge in [-0.15, -0.1) is 0 Å². The molecule has 0 radical (unpaired) electrons. The number of rotatable bonds is 5. The van der Waals surface area contributed by atoms with Gasteiger partial charge in [0.25, 0.3) is 0 Å². The van der Waals surface area contributed by atoms with Gasteiger partial charge in [0.05, 0.1) is 0 Å². The zero-order chi connectivity index (χ0) is 14.5. The van der Waals surface area contributed by atoms with Crippen molar-refractivity contribution in [3.8, 4) is 0 Å². The van der Waals surface area contributed by atoms with Gasteiger partial charge in [-0.3, -0.25) is 0 Å². The average Bonchev–Trinajstić information content (AvgIpc) is 2.43. The van der Waals surface area contributed by atoms with E-state index < -0.39 is 0 Å². The van der Waals surface area contributed by atoms with Crippen molar-refractivity contribution in [3.05, 3.63) is 34.1 Å². The Morgan fingerprint density at radius 2 is 2.15 bits per heavy atom. The summed E-state index contributed by atoms with van der Waals surface area (Å²) in [5, 5.41) is 4.83. The van der Waals surface area contributed by atoms with Crippen LogP contribution in [-0.2, 0) is 6.42 Å². The number of thioether (sulfide) groups is 2. The molecule has 1 heterocycles. The van der Waals surface area contributed by atoms with Crippen molar-refractivity contribution in [1.29, 1.82) is 0 Å². The summed E-state index contributed by atoms with van der Waals surface area (Å²) >= 11 is 7.65. The van der Waals surface area contributed by atoms with Crippen LogP contribution in [0.2, 0.25) is 0 Å². The Balaban J connectivity index is 2.13. The fraction of sp³-hybridized carbons (Fsp3) is 0.600. The predicted molar refractivity (Wildman–Crippen MR) is 93.4 cm³/mol. The number of halogens is 2. The van der Waals surface area contributed by atoms with Gasteiger partial charge in [-0.05, 0) is 36.7 Å². The smallest absolute Gasteiger partial charge is 0.123 e. The molecule has 0 amide bonds. The first-order valence-corrected chi connectivity index (χ1v) is 9.91. The van der Waals surface area contributed by atoms with Gasteiger partial charge in [0.2, 0.25) is 0 Å². The second-order valence-corrected chi connectivity index (χ2v) is 8.64. The number of benzene rings is 1. The third kappa shape index (κ3) is 4.39. The van der Waals surface area contributed by atoms with E-state index >= 15 is 0 Å². The van der Waals surface area contributed by atoms with Gasteiger partial charge in [0.1, 0.15) is 5.82 Å². The maximum Gasteiger partial charge on any atom is 0.123 e. The molecular formula is C15H21BrFNS2. The molecule has 1 aromatic rings. The Labute approximate surface area is 138 Å². The van der Waals surface area contributed by atoms with Crippen molar-refractivity contribution < 1.29 is 4.39 Å². The molecule has 2 rings (SSSR count). The number of hydrogen-bond donors (Lipinski definition) is 1. The Bertz CT molecular complexity index is 444. The summed E-state index contributed by atoms with van der Waals surface area (Å²) in [6.45, 7) is 5.40. The summed E-state index contributed by atoms with van der Waals surface area (Å²) in [6, 6.07) is 5.36. The first-order valence-electron chi connectivity index (χ1n) is 7.02. The molecule has 1 nitrogen and oxygen atoms in total. The van der Waals surface area contributed by atoms with Gasteiger partial charge < -0.3 is 5.32 Å². The van der Waals surface area contributed by atoms with E-state index in [2.05, 4.69) is 58.6 Å². The van der Waals surface area contributed by atoms with Crippen LogP contribution in [0.25, 0.3) is 0 Å². The van der Waals surface area contributed by atoms with Gasteiger partial charge in [0.15, 0.2) is 0 Å². The maximum absolute atomic E-state index is 13.5. The average molecular weight is 378 g/mol. The van der Waals surface area contributed by atoms with E-state index in [1.807, 2.05) is 0 Å². The minimum Gasteiger partial charge on any atom is -0.313 e. The molecule has 0 bridgehead atoms. The highest BCUT2D eigenvalue weighted by molar-refractivity contribution is 9.10. The molecule has 1 aliphatic rings. The lowest BCUT2D eigenvalue weighted by Crippen LogP contribution is -2.45. The lowest BCUT2D eigenvalue weighted by atomic mass is 10.0. The van der Waals surface area contributed by atoms with Crippen LogP contribution in [0.1, 0.15) is 19.4 Å². The molecule has 1 N–H and O–H groups in total. The second kappa shape index (κ2) is 8.06. The van der Waals surface area contributed by atoms with Crippen molar-refractivity contribution in [2.45, 2.75) is 36.8 Å². The molecule has 3 atom stereocenters. The van der Waals surface area contributed by atoms with Crippen LogP contribution in [0, 0.1) is 5.82 Å². The van der Waals surface area contributed by atoms with Gasteiger partial charge in [-0.2, -0.15) is 23.5 Å². The lowest BCUT2D eigenvalue weighted by molar-refractivity contribution is 0.498. The van der Waals surface area contributed by atoms with Crippen LogP contribution in [-0.4, -0.2) is 34.6 Å². The molecule has 1 saturated heterocycles. The van der Waals surface area contributed by atoms with Gasteiger partial charge >= 0.3 is 0 Å². The fourth-order valence-electron chi connectivity index (χ4n) is 2.60. The van der Waals surface area contributed by atoms with Crippen molar-refractivity contribution in [1.82, 2.24) is 5.32 Å². The minimum absolute atomic E-state index is 0.155. The molecule has 0 aliphatic carbocycles. The van der Waals surface area contributed by atoms with E-state index in [1.165, 1.54) is 17.6 Å². The van der Waals surface area contributed by atoms with Crippen LogP contribution >= 0.6 is 39.5 Å². The molecular weight excluding hydrogens is 357 g/mol. The highest BCUT2D eigenvalue weighted by Gasteiger charge is 2.30. The van der Waals surface area contributed by atoms with E-state index in [4.69, 9.17) is 0 Å². The SMILES string of the molecule is CCNC(Cc1cc(F)ccc1Br)C1SCCSC1C. The van der Waals surface area contributed by atoms with Crippen LogP contribution in [0.4, 0.5) is 4.39 Å². The highest BCUT2D eigenvalue weighted by atomic mass is 79.9. The largest absolute Gasteiger partial charge is 0.313 e. The number of hydrogen-bond acceptors (Lipinski definition) is 3. The summed E-state index contributed by atoms with van der Waals surface area (Å²) in [4.78, 5) is 0. The van der Waals surface area contributed by atoms with E-state index in [0.717, 1.165) is 23.0 Å². The Kier molecular flexibility index (Phi) is 6.72.